The van der Waals surface area contributed by atoms with Crippen LogP contribution in [0, 0.1) is 0 Å². The zero-order valence-corrected chi connectivity index (χ0v) is 23.0. The first-order valence-electron chi connectivity index (χ1n) is 11.2. The SMILES string of the molecule is O[Si]1(c2ccccc2)O[Si](O)(c2ccccc2)O[Si](O)(c2ccccc2)O[Si](O)(c2ccccc2)O1. The largest absolute Gasteiger partial charge is 0.520 e. The van der Waals surface area contributed by atoms with E-state index in [9.17, 15) is 19.2 Å². The summed E-state index contributed by atoms with van der Waals surface area (Å²) in [5.74, 6) is 0. The van der Waals surface area contributed by atoms with Gasteiger partial charge in [0, 0.05) is 20.7 Å². The molecule has 0 unspecified atom stereocenters. The predicted octanol–water partition coefficient (Wildman–Crippen LogP) is -0.580. The maximum atomic E-state index is 11.9. The van der Waals surface area contributed by atoms with Crippen molar-refractivity contribution in [3.05, 3.63) is 121 Å². The maximum Gasteiger partial charge on any atom is 0.520 e. The second-order valence-corrected chi connectivity index (χ2v) is 18.4. The van der Waals surface area contributed by atoms with Gasteiger partial charge >= 0.3 is 35.2 Å². The number of rotatable bonds is 4. The molecule has 0 bridgehead atoms. The third-order valence-electron chi connectivity index (χ3n) is 5.66. The van der Waals surface area contributed by atoms with Crippen molar-refractivity contribution in [2.75, 3.05) is 0 Å². The Morgan fingerprint density at radius 1 is 0.306 bits per heavy atom. The highest BCUT2D eigenvalue weighted by Crippen LogP contribution is 2.27. The molecule has 0 saturated carbocycles. The minimum Gasteiger partial charge on any atom is -0.387 e. The molecule has 1 saturated heterocycles. The molecule has 36 heavy (non-hydrogen) atoms. The van der Waals surface area contributed by atoms with Crippen LogP contribution in [0.25, 0.3) is 0 Å². The van der Waals surface area contributed by atoms with Crippen LogP contribution in [0.1, 0.15) is 0 Å². The summed E-state index contributed by atoms with van der Waals surface area (Å²) in [4.78, 5) is 47.6. The van der Waals surface area contributed by atoms with Crippen LogP contribution >= 0.6 is 0 Å². The average Bonchev–Trinajstić information content (AvgIpc) is 2.90. The van der Waals surface area contributed by atoms with Gasteiger partial charge in [0.15, 0.2) is 0 Å². The van der Waals surface area contributed by atoms with Gasteiger partial charge in [-0.2, -0.15) is 0 Å². The Morgan fingerprint density at radius 2 is 0.472 bits per heavy atom. The van der Waals surface area contributed by atoms with Crippen LogP contribution in [-0.2, 0) is 16.5 Å². The minimum absolute atomic E-state index is 0.229. The van der Waals surface area contributed by atoms with Gasteiger partial charge in [-0.15, -0.1) is 0 Å². The second kappa shape index (κ2) is 9.71. The van der Waals surface area contributed by atoms with Crippen LogP contribution in [0.5, 0.6) is 0 Å². The monoisotopic (exact) mass is 552 g/mol. The molecule has 8 nitrogen and oxygen atoms in total. The molecule has 4 aromatic rings. The smallest absolute Gasteiger partial charge is 0.387 e. The van der Waals surface area contributed by atoms with Crippen molar-refractivity contribution in [1.82, 2.24) is 0 Å². The first-order valence-corrected chi connectivity index (χ1v) is 18.2. The summed E-state index contributed by atoms with van der Waals surface area (Å²) in [6, 6.07) is 33.0. The van der Waals surface area contributed by atoms with Gasteiger partial charge in [0.2, 0.25) is 0 Å². The van der Waals surface area contributed by atoms with E-state index in [0.717, 1.165) is 0 Å². The third kappa shape index (κ3) is 4.85. The Balaban J connectivity index is 1.73. The lowest BCUT2D eigenvalue weighted by Crippen LogP contribution is -2.80. The summed E-state index contributed by atoms with van der Waals surface area (Å²) in [6.07, 6.45) is 0. The van der Waals surface area contributed by atoms with Crippen LogP contribution in [0.15, 0.2) is 121 Å². The van der Waals surface area contributed by atoms with E-state index in [1.165, 1.54) is 0 Å². The van der Waals surface area contributed by atoms with Crippen molar-refractivity contribution in [2.45, 2.75) is 0 Å². The molecular weight excluding hydrogens is 529 g/mol. The lowest BCUT2D eigenvalue weighted by Gasteiger charge is -2.44. The van der Waals surface area contributed by atoms with Gasteiger partial charge in [-0.3, -0.25) is 0 Å². The molecule has 0 radical (unpaired) electrons. The normalized spacial score (nSPS) is 30.8. The second-order valence-electron chi connectivity index (χ2n) is 8.20. The quantitative estimate of drug-likeness (QED) is 0.249. The minimum atomic E-state index is -4.61. The highest BCUT2D eigenvalue weighted by atomic mass is 28.6. The van der Waals surface area contributed by atoms with Crippen LogP contribution < -0.4 is 20.7 Å². The molecule has 184 valence electrons. The molecule has 4 N–H and O–H groups in total. The molecule has 0 atom stereocenters. The van der Waals surface area contributed by atoms with Crippen LogP contribution in [0.4, 0.5) is 0 Å². The van der Waals surface area contributed by atoms with E-state index in [4.69, 9.17) is 16.5 Å². The Bertz CT molecular complexity index is 1090. The van der Waals surface area contributed by atoms with Gasteiger partial charge < -0.3 is 35.6 Å². The summed E-state index contributed by atoms with van der Waals surface area (Å²) in [5.41, 5.74) is 0. The van der Waals surface area contributed by atoms with Crippen molar-refractivity contribution in [3.8, 4) is 0 Å². The summed E-state index contributed by atoms with van der Waals surface area (Å²) in [5, 5.41) is 0.918. The summed E-state index contributed by atoms with van der Waals surface area (Å²) in [7, 11) is -18.4. The van der Waals surface area contributed by atoms with E-state index in [0.29, 0.717) is 0 Å². The Kier molecular flexibility index (Phi) is 6.77. The molecule has 0 amide bonds. The van der Waals surface area contributed by atoms with Gasteiger partial charge in [0.25, 0.3) is 0 Å². The summed E-state index contributed by atoms with van der Waals surface area (Å²) < 4.78 is 24.3. The van der Waals surface area contributed by atoms with Crippen molar-refractivity contribution in [1.29, 1.82) is 0 Å². The average molecular weight is 553 g/mol. The van der Waals surface area contributed by atoms with Crippen molar-refractivity contribution in [2.24, 2.45) is 0 Å². The first-order chi connectivity index (χ1) is 17.2. The number of hydrogen-bond acceptors (Lipinski definition) is 8. The molecule has 0 aromatic heterocycles. The van der Waals surface area contributed by atoms with E-state index < -0.39 is 35.2 Å². The Labute approximate surface area is 212 Å². The third-order valence-corrected chi connectivity index (χ3v) is 18.8. The maximum absolute atomic E-state index is 11.9. The number of benzene rings is 4. The lowest BCUT2D eigenvalue weighted by atomic mass is 10.4. The van der Waals surface area contributed by atoms with Gasteiger partial charge in [-0.05, 0) is 0 Å². The molecule has 5 rings (SSSR count). The zero-order valence-electron chi connectivity index (χ0n) is 19.0. The predicted molar refractivity (Wildman–Crippen MR) is 141 cm³/mol. The highest BCUT2D eigenvalue weighted by Gasteiger charge is 2.67. The fourth-order valence-electron chi connectivity index (χ4n) is 3.90. The number of hydrogen-bond donors (Lipinski definition) is 4. The topological polar surface area (TPSA) is 118 Å². The van der Waals surface area contributed by atoms with E-state index in [1.54, 1.807) is 121 Å². The zero-order chi connectivity index (χ0) is 25.3. The summed E-state index contributed by atoms with van der Waals surface area (Å²) >= 11 is 0. The molecule has 1 aliphatic heterocycles. The first kappa shape index (κ1) is 25.1. The van der Waals surface area contributed by atoms with E-state index >= 15 is 0 Å². The Hall–Kier alpha value is -2.57. The molecule has 0 spiro atoms. The van der Waals surface area contributed by atoms with Crippen LogP contribution in [0.2, 0.25) is 0 Å². The van der Waals surface area contributed by atoms with E-state index in [2.05, 4.69) is 0 Å². The highest BCUT2D eigenvalue weighted by molar-refractivity contribution is 7.00. The molecule has 1 aliphatic rings. The van der Waals surface area contributed by atoms with Gasteiger partial charge in [-0.25, -0.2) is 0 Å². The van der Waals surface area contributed by atoms with Crippen LogP contribution in [0.3, 0.4) is 0 Å². The summed E-state index contributed by atoms with van der Waals surface area (Å²) in [6.45, 7) is 0. The van der Waals surface area contributed by atoms with Gasteiger partial charge in [-0.1, -0.05) is 121 Å². The Morgan fingerprint density at radius 3 is 0.639 bits per heavy atom. The van der Waals surface area contributed by atoms with E-state index in [-0.39, 0.29) is 20.7 Å². The fourth-order valence-corrected chi connectivity index (χ4v) is 18.3. The standard InChI is InChI=1S/C24H24O8Si4/c25-33(21-13-5-1-6-14-21)29-34(26,22-15-7-2-8-16-22)31-36(28,24-19-11-4-12-20-24)32-35(27,30-33)23-17-9-3-10-18-23/h1-20,25-28H. The van der Waals surface area contributed by atoms with Gasteiger partial charge in [0.1, 0.15) is 0 Å². The van der Waals surface area contributed by atoms with Crippen molar-refractivity contribution < 1.29 is 35.6 Å². The van der Waals surface area contributed by atoms with Gasteiger partial charge in [0.05, 0.1) is 0 Å². The van der Waals surface area contributed by atoms with Crippen molar-refractivity contribution in [3.63, 3.8) is 0 Å². The van der Waals surface area contributed by atoms with Crippen molar-refractivity contribution >= 4 is 56.0 Å². The lowest BCUT2D eigenvalue weighted by molar-refractivity contribution is 0.0938. The molecule has 0 aliphatic carbocycles. The van der Waals surface area contributed by atoms with Crippen LogP contribution in [-0.4, -0.2) is 54.4 Å². The molecular formula is C24H24O8Si4. The molecule has 1 heterocycles. The van der Waals surface area contributed by atoms with E-state index in [1.807, 2.05) is 0 Å². The molecule has 1 fully saturated rings. The molecule has 4 aromatic carbocycles. The molecule has 12 heteroatoms. The fraction of sp³-hybridized carbons (Fsp3) is 0.